The Bertz CT molecular complexity index is 292. The van der Waals surface area contributed by atoms with Crippen LogP contribution in [0.1, 0.15) is 20.3 Å². The molecule has 0 unspecified atom stereocenters. The molecule has 0 bridgehead atoms. The number of carboxylic acids is 1. The number of aliphatic carboxylic acids is 1. The van der Waals surface area contributed by atoms with Gasteiger partial charge in [0.25, 0.3) is 0 Å². The highest BCUT2D eigenvalue weighted by Gasteiger charge is 2.10. The zero-order valence-electron chi connectivity index (χ0n) is 11.1. The molecule has 0 fully saturated rings. The maximum absolute atomic E-state index is 11.7. The minimum Gasteiger partial charge on any atom is -0.481 e. The van der Waals surface area contributed by atoms with Crippen LogP contribution in [-0.4, -0.2) is 54.9 Å². The first-order valence-electron chi connectivity index (χ1n) is 5.94. The fourth-order valence-corrected chi connectivity index (χ4v) is 1.26. The van der Waals surface area contributed by atoms with Gasteiger partial charge in [0, 0.05) is 19.6 Å². The molecule has 0 radical (unpaired) electrons. The van der Waals surface area contributed by atoms with Crippen LogP contribution in [0, 0.1) is 0 Å². The van der Waals surface area contributed by atoms with Crippen molar-refractivity contribution < 1.29 is 19.4 Å². The van der Waals surface area contributed by atoms with Gasteiger partial charge < -0.3 is 20.1 Å². The van der Waals surface area contributed by atoms with E-state index in [0.717, 1.165) is 5.57 Å². The number of ether oxygens (including phenoxy) is 1. The van der Waals surface area contributed by atoms with Crippen molar-refractivity contribution in [3.63, 3.8) is 0 Å². The molecule has 0 spiro atoms. The summed E-state index contributed by atoms with van der Waals surface area (Å²) in [5, 5.41) is 11.1. The first-order valence-corrected chi connectivity index (χ1v) is 5.94. The molecule has 2 amide bonds. The van der Waals surface area contributed by atoms with E-state index in [1.807, 2.05) is 13.8 Å². The minimum atomic E-state index is -0.891. The lowest BCUT2D eigenvalue weighted by Gasteiger charge is -2.21. The molecule has 0 aliphatic rings. The molecule has 0 rings (SSSR count). The maximum Gasteiger partial charge on any atom is 0.317 e. The Kier molecular flexibility index (Phi) is 8.65. The predicted octanol–water partition coefficient (Wildman–Crippen LogP) is 1.09. The molecule has 0 atom stereocenters. The molecule has 0 aromatic heterocycles. The van der Waals surface area contributed by atoms with Gasteiger partial charge in [-0.05, 0) is 13.8 Å². The fraction of sp³-hybridized carbons (Fsp3) is 0.667. The van der Waals surface area contributed by atoms with Gasteiger partial charge in [0.05, 0.1) is 19.6 Å². The smallest absolute Gasteiger partial charge is 0.317 e. The molecule has 0 heterocycles. The first-order chi connectivity index (χ1) is 8.47. The predicted molar refractivity (Wildman–Crippen MR) is 68.5 cm³/mol. The summed E-state index contributed by atoms with van der Waals surface area (Å²) >= 11 is 0. The van der Waals surface area contributed by atoms with Crippen LogP contribution >= 0.6 is 0 Å². The van der Waals surface area contributed by atoms with Gasteiger partial charge in [-0.2, -0.15) is 0 Å². The van der Waals surface area contributed by atoms with Gasteiger partial charge in [-0.15, -0.1) is 0 Å². The van der Waals surface area contributed by atoms with E-state index in [1.165, 1.54) is 0 Å². The van der Waals surface area contributed by atoms with Crippen molar-refractivity contribution in [3.8, 4) is 0 Å². The number of hydrogen-bond acceptors (Lipinski definition) is 3. The van der Waals surface area contributed by atoms with Gasteiger partial charge in [0.1, 0.15) is 0 Å². The minimum absolute atomic E-state index is 0.0231. The molecular formula is C12H22N2O4. The molecule has 0 saturated carbocycles. The standard InChI is InChI=1S/C12H22N2O4/c1-4-14(9-10(2)3)12(17)13-6-8-18-7-5-11(15)16/h2,4-9H2,1,3H3,(H,13,17)(H,15,16). The lowest BCUT2D eigenvalue weighted by Crippen LogP contribution is -2.41. The van der Waals surface area contributed by atoms with Crippen LogP contribution < -0.4 is 5.32 Å². The number of carbonyl (C=O) groups excluding carboxylic acids is 1. The summed E-state index contributed by atoms with van der Waals surface area (Å²) in [5.41, 5.74) is 0.921. The van der Waals surface area contributed by atoms with Gasteiger partial charge >= 0.3 is 12.0 Å². The molecule has 2 N–H and O–H groups in total. The Morgan fingerprint density at radius 1 is 1.39 bits per heavy atom. The Hall–Kier alpha value is -1.56. The largest absolute Gasteiger partial charge is 0.481 e. The highest BCUT2D eigenvalue weighted by molar-refractivity contribution is 5.74. The van der Waals surface area contributed by atoms with Crippen LogP contribution in [0.5, 0.6) is 0 Å². The van der Waals surface area contributed by atoms with Crippen molar-refractivity contribution in [3.05, 3.63) is 12.2 Å². The lowest BCUT2D eigenvalue weighted by molar-refractivity contribution is -0.138. The third-order valence-electron chi connectivity index (χ3n) is 2.11. The number of hydrogen-bond donors (Lipinski definition) is 2. The van der Waals surface area contributed by atoms with E-state index in [-0.39, 0.29) is 19.1 Å². The van der Waals surface area contributed by atoms with Crippen molar-refractivity contribution in [1.82, 2.24) is 10.2 Å². The van der Waals surface area contributed by atoms with Crippen LogP contribution in [0.2, 0.25) is 0 Å². The van der Waals surface area contributed by atoms with Crippen LogP contribution in [0.4, 0.5) is 4.79 Å². The number of carbonyl (C=O) groups is 2. The average Bonchev–Trinajstić information content (AvgIpc) is 2.29. The number of urea groups is 1. The number of nitrogens with zero attached hydrogens (tertiary/aromatic N) is 1. The second-order valence-corrected chi connectivity index (χ2v) is 3.96. The molecular weight excluding hydrogens is 236 g/mol. The van der Waals surface area contributed by atoms with E-state index >= 15 is 0 Å². The number of nitrogens with one attached hydrogen (secondary N) is 1. The van der Waals surface area contributed by atoms with E-state index in [4.69, 9.17) is 9.84 Å². The Morgan fingerprint density at radius 3 is 2.56 bits per heavy atom. The zero-order valence-corrected chi connectivity index (χ0v) is 11.1. The summed E-state index contributed by atoms with van der Waals surface area (Å²) in [6, 6.07) is -0.165. The summed E-state index contributed by atoms with van der Waals surface area (Å²) in [6.07, 6.45) is -0.0231. The molecule has 6 heteroatoms. The van der Waals surface area contributed by atoms with Crippen molar-refractivity contribution >= 4 is 12.0 Å². The number of amides is 2. The molecule has 0 aromatic rings. The van der Waals surface area contributed by atoms with Crippen LogP contribution in [-0.2, 0) is 9.53 Å². The monoisotopic (exact) mass is 258 g/mol. The number of rotatable bonds is 9. The van der Waals surface area contributed by atoms with Gasteiger partial charge in [0.2, 0.25) is 0 Å². The third kappa shape index (κ3) is 8.58. The fourth-order valence-electron chi connectivity index (χ4n) is 1.26. The van der Waals surface area contributed by atoms with Crippen molar-refractivity contribution in [2.24, 2.45) is 0 Å². The van der Waals surface area contributed by atoms with E-state index in [1.54, 1.807) is 4.90 Å². The van der Waals surface area contributed by atoms with E-state index in [2.05, 4.69) is 11.9 Å². The van der Waals surface area contributed by atoms with Crippen LogP contribution in [0.3, 0.4) is 0 Å². The highest BCUT2D eigenvalue weighted by Crippen LogP contribution is 1.95. The molecule has 104 valence electrons. The maximum atomic E-state index is 11.7. The van der Waals surface area contributed by atoms with Crippen LogP contribution in [0.25, 0.3) is 0 Å². The van der Waals surface area contributed by atoms with E-state index in [0.29, 0.717) is 26.2 Å². The summed E-state index contributed by atoms with van der Waals surface area (Å²) in [7, 11) is 0. The van der Waals surface area contributed by atoms with Crippen LogP contribution in [0.15, 0.2) is 12.2 Å². The molecule has 0 saturated heterocycles. The Morgan fingerprint density at radius 2 is 2.06 bits per heavy atom. The summed E-state index contributed by atoms with van der Waals surface area (Å²) < 4.78 is 5.06. The third-order valence-corrected chi connectivity index (χ3v) is 2.11. The molecule has 0 aliphatic carbocycles. The van der Waals surface area contributed by atoms with E-state index < -0.39 is 5.97 Å². The lowest BCUT2D eigenvalue weighted by atomic mass is 10.3. The van der Waals surface area contributed by atoms with Gasteiger partial charge in [-0.1, -0.05) is 12.2 Å². The topological polar surface area (TPSA) is 78.9 Å². The molecule has 0 aliphatic heterocycles. The van der Waals surface area contributed by atoms with Gasteiger partial charge in [-0.25, -0.2) is 4.79 Å². The quantitative estimate of drug-likeness (QED) is 0.479. The van der Waals surface area contributed by atoms with Gasteiger partial charge in [-0.3, -0.25) is 4.79 Å². The zero-order chi connectivity index (χ0) is 14.0. The first kappa shape index (κ1) is 16.4. The van der Waals surface area contributed by atoms with Crippen molar-refractivity contribution in [2.75, 3.05) is 32.8 Å². The summed E-state index contributed by atoms with van der Waals surface area (Å²) in [5.74, 6) is -0.891. The summed E-state index contributed by atoms with van der Waals surface area (Å²) in [4.78, 5) is 23.5. The second-order valence-electron chi connectivity index (χ2n) is 3.96. The molecule has 18 heavy (non-hydrogen) atoms. The highest BCUT2D eigenvalue weighted by atomic mass is 16.5. The Labute approximate surface area is 108 Å². The van der Waals surface area contributed by atoms with Gasteiger partial charge in [0.15, 0.2) is 0 Å². The molecule has 0 aromatic carbocycles. The van der Waals surface area contributed by atoms with Crippen molar-refractivity contribution in [1.29, 1.82) is 0 Å². The van der Waals surface area contributed by atoms with Crippen molar-refractivity contribution in [2.45, 2.75) is 20.3 Å². The SMILES string of the molecule is C=C(C)CN(CC)C(=O)NCCOCCC(=O)O. The average molecular weight is 258 g/mol. The second kappa shape index (κ2) is 9.47. The number of carboxylic acid groups (broad SMARTS) is 1. The Balaban J connectivity index is 3.68. The molecule has 6 nitrogen and oxygen atoms in total. The normalized spacial score (nSPS) is 9.89. The summed E-state index contributed by atoms with van der Waals surface area (Å²) in [6.45, 7) is 9.50. The van der Waals surface area contributed by atoms with E-state index in [9.17, 15) is 9.59 Å². The number of likely N-dealkylation sites (N-methyl/N-ethyl adjacent to an activating group) is 1.